The molecule has 0 bridgehead atoms. The van der Waals surface area contributed by atoms with Gasteiger partial charge in [-0.15, -0.1) is 21.5 Å². The van der Waals surface area contributed by atoms with Gasteiger partial charge in [-0.3, -0.25) is 4.79 Å². The van der Waals surface area contributed by atoms with Crippen LogP contribution in [0.5, 0.6) is 0 Å². The summed E-state index contributed by atoms with van der Waals surface area (Å²) in [6, 6.07) is 0. The van der Waals surface area contributed by atoms with Crippen LogP contribution in [0.15, 0.2) is 15.0 Å². The number of aryl methyl sites for hydroxylation is 1. The van der Waals surface area contributed by atoms with E-state index in [0.29, 0.717) is 17.5 Å². The van der Waals surface area contributed by atoms with Crippen LogP contribution in [0.3, 0.4) is 0 Å². The van der Waals surface area contributed by atoms with Crippen molar-refractivity contribution in [3.63, 3.8) is 0 Å². The summed E-state index contributed by atoms with van der Waals surface area (Å²) in [4.78, 5) is 15.2. The van der Waals surface area contributed by atoms with Crippen molar-refractivity contribution in [3.8, 4) is 0 Å². The SMILES string of the molecule is Cc1nc(Cc2nnc(S[C@H](C)C(N)=O)o2)cs1. The minimum atomic E-state index is -0.408. The summed E-state index contributed by atoms with van der Waals surface area (Å²) in [5.74, 6) is 0.0781. The van der Waals surface area contributed by atoms with Gasteiger partial charge in [-0.25, -0.2) is 4.98 Å². The van der Waals surface area contributed by atoms with E-state index in [2.05, 4.69) is 15.2 Å². The van der Waals surface area contributed by atoms with Gasteiger partial charge in [0, 0.05) is 5.38 Å². The van der Waals surface area contributed by atoms with Crippen molar-refractivity contribution in [2.45, 2.75) is 30.7 Å². The van der Waals surface area contributed by atoms with Crippen LogP contribution >= 0.6 is 23.1 Å². The van der Waals surface area contributed by atoms with Gasteiger partial charge in [0.2, 0.25) is 11.8 Å². The predicted octanol–water partition coefficient (Wildman–Crippen LogP) is 1.39. The van der Waals surface area contributed by atoms with Gasteiger partial charge in [0.15, 0.2) is 0 Å². The molecule has 18 heavy (non-hydrogen) atoms. The van der Waals surface area contributed by atoms with Crippen molar-refractivity contribution in [2.75, 3.05) is 0 Å². The molecule has 0 aromatic carbocycles. The lowest BCUT2D eigenvalue weighted by atomic mass is 10.3. The zero-order valence-corrected chi connectivity index (χ0v) is 11.5. The van der Waals surface area contributed by atoms with E-state index in [1.807, 2.05) is 12.3 Å². The average Bonchev–Trinajstić information content (AvgIpc) is 2.89. The number of carbonyl (C=O) groups excluding carboxylic acids is 1. The molecule has 0 saturated carbocycles. The molecule has 2 heterocycles. The first-order valence-corrected chi connectivity index (χ1v) is 7.00. The van der Waals surface area contributed by atoms with Crippen LogP contribution in [0.4, 0.5) is 0 Å². The summed E-state index contributed by atoms with van der Waals surface area (Å²) < 4.78 is 5.42. The van der Waals surface area contributed by atoms with E-state index in [0.717, 1.165) is 22.5 Å². The minimum absolute atomic E-state index is 0.350. The second kappa shape index (κ2) is 5.49. The largest absolute Gasteiger partial charge is 0.416 e. The Hall–Kier alpha value is -1.41. The topological polar surface area (TPSA) is 94.9 Å². The number of primary amides is 1. The molecule has 0 saturated heterocycles. The molecule has 2 N–H and O–H groups in total. The average molecular weight is 284 g/mol. The van der Waals surface area contributed by atoms with Gasteiger partial charge < -0.3 is 10.2 Å². The van der Waals surface area contributed by atoms with E-state index in [-0.39, 0.29) is 5.25 Å². The second-order valence-corrected chi connectivity index (χ2v) is 6.01. The Bertz CT molecular complexity index is 552. The number of amides is 1. The van der Waals surface area contributed by atoms with Crippen LogP contribution in [-0.4, -0.2) is 26.3 Å². The number of rotatable bonds is 5. The maximum absolute atomic E-state index is 10.9. The molecule has 2 aromatic heterocycles. The quantitative estimate of drug-likeness (QED) is 0.834. The van der Waals surface area contributed by atoms with Crippen molar-refractivity contribution in [1.29, 1.82) is 0 Å². The van der Waals surface area contributed by atoms with Crippen LogP contribution in [0, 0.1) is 6.92 Å². The summed E-state index contributed by atoms with van der Waals surface area (Å²) in [6.45, 7) is 3.64. The Labute approximate surface area is 112 Å². The Morgan fingerprint density at radius 2 is 2.39 bits per heavy atom. The summed E-state index contributed by atoms with van der Waals surface area (Å²) in [5.41, 5.74) is 6.06. The Kier molecular flexibility index (Phi) is 3.97. The van der Waals surface area contributed by atoms with Crippen molar-refractivity contribution < 1.29 is 9.21 Å². The molecule has 1 amide bonds. The van der Waals surface area contributed by atoms with E-state index in [1.165, 1.54) is 0 Å². The van der Waals surface area contributed by atoms with Crippen molar-refractivity contribution in [3.05, 3.63) is 22.0 Å². The summed E-state index contributed by atoms with van der Waals surface area (Å²) in [5, 5.41) is 10.7. The molecule has 0 radical (unpaired) electrons. The van der Waals surface area contributed by atoms with E-state index in [4.69, 9.17) is 10.2 Å². The molecule has 96 valence electrons. The lowest BCUT2D eigenvalue weighted by Crippen LogP contribution is -2.22. The molecule has 0 unspecified atom stereocenters. The molecule has 6 nitrogen and oxygen atoms in total. The monoisotopic (exact) mass is 284 g/mol. The zero-order chi connectivity index (χ0) is 13.1. The van der Waals surface area contributed by atoms with Crippen LogP contribution < -0.4 is 5.73 Å². The second-order valence-electron chi connectivity index (χ2n) is 3.66. The third-order valence-electron chi connectivity index (χ3n) is 2.13. The number of thioether (sulfide) groups is 1. The van der Waals surface area contributed by atoms with Gasteiger partial charge in [-0.05, 0) is 13.8 Å². The number of nitrogens with two attached hydrogens (primary N) is 1. The predicted molar refractivity (Wildman–Crippen MR) is 68.5 cm³/mol. The van der Waals surface area contributed by atoms with Gasteiger partial charge in [0.25, 0.3) is 5.22 Å². The Morgan fingerprint density at radius 1 is 1.61 bits per heavy atom. The smallest absolute Gasteiger partial charge is 0.277 e. The van der Waals surface area contributed by atoms with Gasteiger partial charge >= 0.3 is 0 Å². The van der Waals surface area contributed by atoms with Crippen LogP contribution in [0.1, 0.15) is 23.5 Å². The maximum atomic E-state index is 10.9. The molecule has 0 aliphatic carbocycles. The molecule has 2 aromatic rings. The standard InChI is InChI=1S/C10H12N4O2S2/c1-5(9(11)15)18-10-14-13-8(16-10)3-7-4-17-6(2)12-7/h4-5H,3H2,1-2H3,(H2,11,15)/t5-/m1/s1. The molecule has 2 rings (SSSR count). The molecule has 0 spiro atoms. The maximum Gasteiger partial charge on any atom is 0.277 e. The van der Waals surface area contributed by atoms with Crippen LogP contribution in [0.25, 0.3) is 0 Å². The molecule has 0 fully saturated rings. The van der Waals surface area contributed by atoms with Crippen molar-refractivity contribution in [1.82, 2.24) is 15.2 Å². The normalized spacial score (nSPS) is 12.6. The van der Waals surface area contributed by atoms with E-state index >= 15 is 0 Å². The summed E-state index contributed by atoms with van der Waals surface area (Å²) in [6.07, 6.45) is 0.503. The fourth-order valence-electron chi connectivity index (χ4n) is 1.21. The fourth-order valence-corrected chi connectivity index (χ4v) is 2.47. The van der Waals surface area contributed by atoms with Gasteiger partial charge in [0.05, 0.1) is 22.4 Å². The molecule has 0 aliphatic heterocycles. The van der Waals surface area contributed by atoms with Gasteiger partial charge in [0.1, 0.15) is 0 Å². The first-order chi connectivity index (χ1) is 8.54. The highest BCUT2D eigenvalue weighted by atomic mass is 32.2. The van der Waals surface area contributed by atoms with Gasteiger partial charge in [-0.1, -0.05) is 11.8 Å². The Balaban J connectivity index is 2.00. The molecule has 0 aliphatic rings. The third kappa shape index (κ3) is 3.30. The number of thiazole rings is 1. The highest BCUT2D eigenvalue weighted by Crippen LogP contribution is 2.22. The lowest BCUT2D eigenvalue weighted by molar-refractivity contribution is -0.117. The van der Waals surface area contributed by atoms with E-state index < -0.39 is 5.91 Å². The molecular weight excluding hydrogens is 272 g/mol. The number of carbonyl (C=O) groups is 1. The first kappa shape index (κ1) is 13.0. The van der Waals surface area contributed by atoms with Crippen LogP contribution in [0.2, 0.25) is 0 Å². The highest BCUT2D eigenvalue weighted by Gasteiger charge is 2.16. The van der Waals surface area contributed by atoms with Gasteiger partial charge in [-0.2, -0.15) is 0 Å². The minimum Gasteiger partial charge on any atom is -0.416 e. The molecular formula is C10H12N4O2S2. The Morgan fingerprint density at radius 3 is 3.00 bits per heavy atom. The van der Waals surface area contributed by atoms with E-state index in [9.17, 15) is 4.79 Å². The number of hydrogen-bond donors (Lipinski definition) is 1. The number of aromatic nitrogens is 3. The summed E-state index contributed by atoms with van der Waals surface area (Å²) in [7, 11) is 0. The van der Waals surface area contributed by atoms with Crippen LogP contribution in [-0.2, 0) is 11.2 Å². The highest BCUT2D eigenvalue weighted by molar-refractivity contribution is 8.00. The summed E-state index contributed by atoms with van der Waals surface area (Å²) >= 11 is 2.73. The fraction of sp³-hybridized carbons (Fsp3) is 0.400. The van der Waals surface area contributed by atoms with Crippen molar-refractivity contribution in [2.24, 2.45) is 5.73 Å². The molecule has 1 atom stereocenters. The third-order valence-corrected chi connectivity index (χ3v) is 3.90. The lowest BCUT2D eigenvalue weighted by Gasteiger charge is -2.00. The first-order valence-electron chi connectivity index (χ1n) is 5.24. The number of hydrogen-bond acceptors (Lipinski definition) is 7. The zero-order valence-electron chi connectivity index (χ0n) is 9.91. The molecule has 8 heteroatoms. The number of nitrogens with zero attached hydrogens (tertiary/aromatic N) is 3. The van der Waals surface area contributed by atoms with Crippen molar-refractivity contribution >= 4 is 29.0 Å². The van der Waals surface area contributed by atoms with E-state index in [1.54, 1.807) is 18.3 Å².